The lowest BCUT2D eigenvalue weighted by molar-refractivity contribution is 0.0939. The van der Waals surface area contributed by atoms with Crippen molar-refractivity contribution in [2.24, 2.45) is 16.5 Å². The number of nitrogens with two attached hydrogens (primary N) is 2. The van der Waals surface area contributed by atoms with Gasteiger partial charge in [-0.3, -0.25) is 5.41 Å². The SMILES string of the molecule is CCCCOCCO/C(N)=N/C(=N)N. The molecule has 0 aliphatic heterocycles. The highest BCUT2D eigenvalue weighted by Gasteiger charge is 1.94. The van der Waals surface area contributed by atoms with Crippen LogP contribution in [0.4, 0.5) is 0 Å². The summed E-state index contributed by atoms with van der Waals surface area (Å²) < 4.78 is 10.1. The second kappa shape index (κ2) is 8.31. The molecule has 0 fully saturated rings. The van der Waals surface area contributed by atoms with Crippen molar-refractivity contribution in [2.75, 3.05) is 19.8 Å². The molecule has 5 N–H and O–H groups in total. The molecule has 0 aromatic rings. The van der Waals surface area contributed by atoms with Crippen molar-refractivity contribution in [1.29, 1.82) is 5.41 Å². The van der Waals surface area contributed by atoms with E-state index in [1.165, 1.54) is 0 Å². The summed E-state index contributed by atoms with van der Waals surface area (Å²) in [5.41, 5.74) is 10.2. The van der Waals surface area contributed by atoms with Crippen LogP contribution in [0.3, 0.4) is 0 Å². The first-order valence-corrected chi connectivity index (χ1v) is 4.55. The first kappa shape index (κ1) is 12.7. The van der Waals surface area contributed by atoms with Gasteiger partial charge >= 0.3 is 0 Å². The van der Waals surface area contributed by atoms with E-state index >= 15 is 0 Å². The van der Waals surface area contributed by atoms with E-state index in [9.17, 15) is 0 Å². The highest BCUT2D eigenvalue weighted by molar-refractivity contribution is 5.88. The van der Waals surface area contributed by atoms with Crippen LogP contribution in [-0.2, 0) is 9.47 Å². The van der Waals surface area contributed by atoms with Crippen molar-refractivity contribution in [3.05, 3.63) is 0 Å². The lowest BCUT2D eigenvalue weighted by Gasteiger charge is -2.05. The highest BCUT2D eigenvalue weighted by Crippen LogP contribution is 1.87. The molecule has 0 bridgehead atoms. The molecule has 14 heavy (non-hydrogen) atoms. The van der Waals surface area contributed by atoms with Gasteiger partial charge in [-0.15, -0.1) is 0 Å². The zero-order valence-corrected chi connectivity index (χ0v) is 8.45. The fourth-order valence-electron chi connectivity index (χ4n) is 0.705. The quantitative estimate of drug-likeness (QED) is 0.321. The van der Waals surface area contributed by atoms with E-state index in [2.05, 4.69) is 11.9 Å². The van der Waals surface area contributed by atoms with E-state index in [1.54, 1.807) is 0 Å². The number of rotatable bonds is 6. The highest BCUT2D eigenvalue weighted by atomic mass is 16.5. The Bertz CT molecular complexity index is 194. The van der Waals surface area contributed by atoms with Crippen LogP contribution in [0.2, 0.25) is 0 Å². The second-order valence-electron chi connectivity index (χ2n) is 2.65. The maximum Gasteiger partial charge on any atom is 0.290 e. The number of hydrogen-bond donors (Lipinski definition) is 3. The predicted molar refractivity (Wildman–Crippen MR) is 55.2 cm³/mol. The third-order valence-corrected chi connectivity index (χ3v) is 1.35. The number of hydrogen-bond acceptors (Lipinski definition) is 3. The van der Waals surface area contributed by atoms with Crippen molar-refractivity contribution < 1.29 is 9.47 Å². The van der Waals surface area contributed by atoms with Crippen molar-refractivity contribution in [3.63, 3.8) is 0 Å². The van der Waals surface area contributed by atoms with Crippen LogP contribution in [0.1, 0.15) is 19.8 Å². The van der Waals surface area contributed by atoms with E-state index in [-0.39, 0.29) is 12.0 Å². The molecular formula is C8H18N4O2. The fraction of sp³-hybridized carbons (Fsp3) is 0.750. The van der Waals surface area contributed by atoms with Crippen LogP contribution >= 0.6 is 0 Å². The van der Waals surface area contributed by atoms with Crippen molar-refractivity contribution in [2.45, 2.75) is 19.8 Å². The number of guanidine groups is 1. The minimum atomic E-state index is -0.366. The lowest BCUT2D eigenvalue weighted by Crippen LogP contribution is -2.22. The van der Waals surface area contributed by atoms with Gasteiger partial charge in [-0.1, -0.05) is 13.3 Å². The average Bonchev–Trinajstić information content (AvgIpc) is 2.10. The Morgan fingerprint density at radius 1 is 1.29 bits per heavy atom. The van der Waals surface area contributed by atoms with Gasteiger partial charge in [-0.05, 0) is 6.42 Å². The topological polar surface area (TPSA) is 107 Å². The van der Waals surface area contributed by atoms with E-state index in [1.807, 2.05) is 0 Å². The molecule has 0 unspecified atom stereocenters. The van der Waals surface area contributed by atoms with E-state index in [0.717, 1.165) is 19.4 Å². The Kier molecular flexibility index (Phi) is 7.53. The maximum atomic E-state index is 6.80. The summed E-state index contributed by atoms with van der Waals surface area (Å²) in [6.07, 6.45) is 2.14. The van der Waals surface area contributed by atoms with Crippen LogP contribution < -0.4 is 11.5 Å². The molecule has 0 heterocycles. The van der Waals surface area contributed by atoms with E-state index in [0.29, 0.717) is 13.2 Å². The summed E-state index contributed by atoms with van der Waals surface area (Å²) in [6.45, 7) is 3.61. The van der Waals surface area contributed by atoms with Crippen LogP contribution in [0.5, 0.6) is 0 Å². The van der Waals surface area contributed by atoms with Gasteiger partial charge in [0.15, 0.2) is 0 Å². The van der Waals surface area contributed by atoms with Gasteiger partial charge in [-0.25, -0.2) is 0 Å². The zero-order valence-electron chi connectivity index (χ0n) is 8.45. The maximum absolute atomic E-state index is 6.80. The van der Waals surface area contributed by atoms with E-state index in [4.69, 9.17) is 26.4 Å². The van der Waals surface area contributed by atoms with Gasteiger partial charge in [0, 0.05) is 6.61 Å². The molecule has 0 aliphatic carbocycles. The van der Waals surface area contributed by atoms with Gasteiger partial charge in [0.05, 0.1) is 6.61 Å². The number of aliphatic imine (C=N–C) groups is 1. The molecule has 0 spiro atoms. The summed E-state index contributed by atoms with van der Waals surface area (Å²) in [6, 6.07) is -0.100. The van der Waals surface area contributed by atoms with Gasteiger partial charge in [0.2, 0.25) is 5.96 Å². The second-order valence-corrected chi connectivity index (χ2v) is 2.65. The smallest absolute Gasteiger partial charge is 0.290 e. The predicted octanol–water partition coefficient (Wildman–Crippen LogP) is 0.0279. The number of nitrogens with zero attached hydrogens (tertiary/aromatic N) is 1. The largest absolute Gasteiger partial charge is 0.463 e. The molecular weight excluding hydrogens is 184 g/mol. The lowest BCUT2D eigenvalue weighted by atomic mass is 10.4. The molecule has 0 atom stereocenters. The zero-order chi connectivity index (χ0) is 10.8. The van der Waals surface area contributed by atoms with Crippen molar-refractivity contribution >= 4 is 12.0 Å². The number of nitrogens with one attached hydrogen (secondary N) is 1. The standard InChI is InChI=1S/C8H18N4O2/c1-2-3-4-13-5-6-14-8(11)12-7(9)10/h2-6H2,1H3,(H5,9,10,11,12). The normalized spacial score (nSPS) is 11.4. The van der Waals surface area contributed by atoms with Crippen LogP contribution in [-0.4, -0.2) is 31.8 Å². The van der Waals surface area contributed by atoms with Crippen molar-refractivity contribution in [3.8, 4) is 0 Å². The number of amidine groups is 1. The Balaban J connectivity index is 3.31. The summed E-state index contributed by atoms with van der Waals surface area (Å²) in [7, 11) is 0. The number of unbranched alkanes of at least 4 members (excludes halogenated alkanes) is 1. The number of ether oxygens (including phenoxy) is 2. The molecule has 6 nitrogen and oxygen atoms in total. The molecule has 6 heteroatoms. The van der Waals surface area contributed by atoms with Crippen molar-refractivity contribution in [1.82, 2.24) is 0 Å². The Morgan fingerprint density at radius 3 is 2.57 bits per heavy atom. The monoisotopic (exact) mass is 202 g/mol. The van der Waals surface area contributed by atoms with Crippen LogP contribution in [0, 0.1) is 5.41 Å². The van der Waals surface area contributed by atoms with Crippen LogP contribution in [0.15, 0.2) is 4.99 Å². The molecule has 0 aliphatic rings. The third-order valence-electron chi connectivity index (χ3n) is 1.35. The molecule has 0 rings (SSSR count). The fourth-order valence-corrected chi connectivity index (χ4v) is 0.705. The minimum Gasteiger partial charge on any atom is -0.463 e. The molecule has 0 radical (unpaired) electrons. The molecule has 0 aromatic heterocycles. The third kappa shape index (κ3) is 8.79. The van der Waals surface area contributed by atoms with E-state index < -0.39 is 0 Å². The Labute approximate surface area is 83.8 Å². The first-order chi connectivity index (χ1) is 6.66. The Hall–Kier alpha value is -1.30. The van der Waals surface area contributed by atoms with Gasteiger partial charge in [0.25, 0.3) is 6.02 Å². The molecule has 0 amide bonds. The summed E-state index contributed by atoms with van der Waals surface area (Å²) in [5, 5.41) is 6.80. The van der Waals surface area contributed by atoms with Gasteiger partial charge in [0.1, 0.15) is 6.61 Å². The Morgan fingerprint density at radius 2 is 2.00 bits per heavy atom. The molecule has 0 saturated heterocycles. The molecule has 82 valence electrons. The van der Waals surface area contributed by atoms with Crippen LogP contribution in [0.25, 0.3) is 0 Å². The summed E-state index contributed by atoms with van der Waals surface area (Å²) in [5.74, 6) is -0.366. The average molecular weight is 202 g/mol. The minimum absolute atomic E-state index is 0.100. The molecule has 0 saturated carbocycles. The summed E-state index contributed by atoms with van der Waals surface area (Å²) >= 11 is 0. The summed E-state index contributed by atoms with van der Waals surface area (Å²) in [4.78, 5) is 3.39. The first-order valence-electron chi connectivity index (χ1n) is 4.55. The molecule has 0 aromatic carbocycles. The van der Waals surface area contributed by atoms with Gasteiger partial charge in [-0.2, -0.15) is 4.99 Å². The van der Waals surface area contributed by atoms with Gasteiger partial charge < -0.3 is 20.9 Å².